The fourth-order valence-corrected chi connectivity index (χ4v) is 7.12. The van der Waals surface area contributed by atoms with Crippen LogP contribution in [0, 0.1) is 0 Å². The van der Waals surface area contributed by atoms with Crippen LogP contribution in [0.1, 0.15) is 71.4 Å². The van der Waals surface area contributed by atoms with Crippen LogP contribution in [0.3, 0.4) is 0 Å². The Morgan fingerprint density at radius 2 is 1.76 bits per heavy atom. The van der Waals surface area contributed by atoms with Gasteiger partial charge in [-0.15, -0.1) is 0 Å². The van der Waals surface area contributed by atoms with Crippen LogP contribution in [0.2, 0.25) is 0 Å². The molecule has 2 aromatic carbocycles. The average molecular weight is 695 g/mol. The summed E-state index contributed by atoms with van der Waals surface area (Å²) in [5, 5.41) is 22.8. The third-order valence-corrected chi connectivity index (χ3v) is 9.89. The number of anilines is 1. The van der Waals surface area contributed by atoms with Crippen LogP contribution in [-0.2, 0) is 35.1 Å². The minimum Gasteiger partial charge on any atom is -0.744 e. The first-order valence-corrected chi connectivity index (χ1v) is 17.0. The maximum Gasteiger partial charge on any atom is 1.00 e. The van der Waals surface area contributed by atoms with Crippen molar-refractivity contribution in [1.29, 1.82) is 0 Å². The van der Waals surface area contributed by atoms with E-state index in [4.69, 9.17) is 5.11 Å². The van der Waals surface area contributed by atoms with Gasteiger partial charge in [-0.2, -0.15) is 8.91 Å². The van der Waals surface area contributed by atoms with Gasteiger partial charge in [-0.1, -0.05) is 32.1 Å². The molecule has 0 spiro atoms. The molecule has 0 unspecified atom stereocenters. The largest absolute Gasteiger partial charge is 1.00 e. The van der Waals surface area contributed by atoms with Crippen molar-refractivity contribution in [3.05, 3.63) is 83.6 Å². The Morgan fingerprint density at radius 3 is 2.41 bits per heavy atom. The van der Waals surface area contributed by atoms with Gasteiger partial charge in [0, 0.05) is 58.8 Å². The number of fused-ring (bicyclic) bond motifs is 2. The summed E-state index contributed by atoms with van der Waals surface area (Å²) in [7, 11) is -4.62. The van der Waals surface area contributed by atoms with Gasteiger partial charge in [-0.25, -0.2) is 8.42 Å². The van der Waals surface area contributed by atoms with E-state index in [0.29, 0.717) is 13.0 Å². The summed E-state index contributed by atoms with van der Waals surface area (Å²) in [5.74, 6) is -0.817. The van der Waals surface area contributed by atoms with Crippen molar-refractivity contribution >= 4 is 45.2 Å². The number of likely N-dealkylation sites (N-methyl/N-ethyl adjacent to an activating group) is 1. The molecular formula is C33H39KN2O8S2. The Hall–Kier alpha value is -1.62. The van der Waals surface area contributed by atoms with Gasteiger partial charge in [0.1, 0.15) is 16.7 Å². The Balaban J connectivity index is 0.00000576. The van der Waals surface area contributed by atoms with Gasteiger partial charge in [0.2, 0.25) is 5.69 Å². The van der Waals surface area contributed by atoms with E-state index >= 15 is 0 Å². The Morgan fingerprint density at radius 1 is 1.02 bits per heavy atom. The number of allylic oxidation sites excluding steroid dienone is 6. The number of benzene rings is 2. The summed E-state index contributed by atoms with van der Waals surface area (Å²) in [6.45, 7) is 11.8. The van der Waals surface area contributed by atoms with Crippen LogP contribution in [-0.4, -0.2) is 47.4 Å². The van der Waals surface area contributed by atoms with Gasteiger partial charge in [-0.3, -0.25) is 9.83 Å². The quantitative estimate of drug-likeness (QED) is 0.0459. The van der Waals surface area contributed by atoms with Crippen LogP contribution in [0.25, 0.3) is 0 Å². The molecule has 0 atom stereocenters. The van der Waals surface area contributed by atoms with Crippen LogP contribution in [0.4, 0.5) is 11.4 Å². The number of hydrogen-bond donors (Lipinski definition) is 1. The molecular weight excluding hydrogens is 656 g/mol. The van der Waals surface area contributed by atoms with E-state index in [1.54, 1.807) is 6.07 Å². The van der Waals surface area contributed by atoms with Gasteiger partial charge < -0.3 is 19.8 Å². The van der Waals surface area contributed by atoms with Crippen LogP contribution < -0.4 is 61.5 Å². The molecule has 0 fully saturated rings. The maximum absolute atomic E-state index is 11.8. The zero-order chi connectivity index (χ0) is 33.0. The zero-order valence-electron chi connectivity index (χ0n) is 27.1. The first-order valence-electron chi connectivity index (χ1n) is 14.8. The molecule has 0 saturated carbocycles. The first kappa shape index (κ1) is 38.8. The second-order valence-corrected chi connectivity index (χ2v) is 14.2. The molecule has 0 aliphatic carbocycles. The number of carboxylic acids is 1. The van der Waals surface area contributed by atoms with Crippen molar-refractivity contribution in [3.63, 3.8) is 0 Å². The topological polar surface area (TPSA) is 142 Å². The Labute approximate surface area is 318 Å². The van der Waals surface area contributed by atoms with E-state index in [1.165, 1.54) is 12.1 Å². The van der Waals surface area contributed by atoms with Crippen molar-refractivity contribution in [3.8, 4) is 0 Å². The fourth-order valence-electron chi connectivity index (χ4n) is 6.23. The molecule has 0 amide bonds. The number of carbonyl (C=O) groups is 1. The standard InChI is InChI=1S/C33H40N2O8S2.K/c1-6-34-27-18-16-23(44-43-42-38)21-25(27)32(2,3)29(34)13-9-7-10-14-30-33(4,5)26-22-24(45(39,40)41)17-19-28(26)35(30)20-12-8-11-15-31(36)37;/h7,9-10,13-14,16-19,21-22H,6,8,11-12,15,20H2,1-5H3,(H2-,36,37,38,39,40,41);/q;+1/p-1. The van der Waals surface area contributed by atoms with E-state index in [0.717, 1.165) is 70.2 Å². The van der Waals surface area contributed by atoms with Gasteiger partial charge in [0.25, 0.3) is 0 Å². The number of rotatable bonds is 14. The monoisotopic (exact) mass is 694 g/mol. The van der Waals surface area contributed by atoms with Gasteiger partial charge in [0.05, 0.1) is 22.4 Å². The second kappa shape index (κ2) is 16.2. The summed E-state index contributed by atoms with van der Waals surface area (Å²) in [6.07, 6.45) is 12.2. The van der Waals surface area contributed by atoms with Crippen LogP contribution >= 0.6 is 12.0 Å². The molecule has 242 valence electrons. The van der Waals surface area contributed by atoms with Crippen molar-refractivity contribution in [2.24, 2.45) is 0 Å². The predicted octanol–water partition coefficient (Wildman–Crippen LogP) is 2.66. The van der Waals surface area contributed by atoms with Gasteiger partial charge in [0.15, 0.2) is 5.71 Å². The molecule has 0 aromatic heterocycles. The van der Waals surface area contributed by atoms with Crippen LogP contribution in [0.15, 0.2) is 82.3 Å². The van der Waals surface area contributed by atoms with Crippen molar-refractivity contribution in [1.82, 2.24) is 0 Å². The summed E-state index contributed by atoms with van der Waals surface area (Å²) in [5.41, 5.74) is 4.97. The molecule has 4 rings (SSSR count). The van der Waals surface area contributed by atoms with Crippen molar-refractivity contribution in [2.75, 3.05) is 18.0 Å². The minimum absolute atomic E-state index is 0. The summed E-state index contributed by atoms with van der Waals surface area (Å²) in [4.78, 5) is 13.7. The van der Waals surface area contributed by atoms with E-state index < -0.39 is 21.5 Å². The predicted molar refractivity (Wildman–Crippen MR) is 170 cm³/mol. The molecule has 13 heteroatoms. The molecule has 1 N–H and O–H groups in total. The second-order valence-electron chi connectivity index (χ2n) is 12.1. The minimum atomic E-state index is -4.62. The zero-order valence-corrected chi connectivity index (χ0v) is 31.9. The third-order valence-electron chi connectivity index (χ3n) is 8.49. The number of hydrogen-bond acceptors (Lipinski definition) is 9. The first-order chi connectivity index (χ1) is 21.2. The maximum atomic E-state index is 11.8. The molecule has 0 bridgehead atoms. The molecule has 2 aromatic rings. The van der Waals surface area contributed by atoms with Crippen LogP contribution in [0.5, 0.6) is 0 Å². The van der Waals surface area contributed by atoms with E-state index in [-0.39, 0.29) is 68.1 Å². The molecule has 0 saturated heterocycles. The normalized spacial score (nSPS) is 17.6. The molecule has 10 nitrogen and oxygen atoms in total. The molecule has 2 aliphatic rings. The van der Waals surface area contributed by atoms with E-state index in [1.807, 2.05) is 56.4 Å². The third kappa shape index (κ3) is 8.50. The van der Waals surface area contributed by atoms with E-state index in [2.05, 4.69) is 45.7 Å². The number of unbranched alkanes of at least 4 members (excludes halogenated alkanes) is 2. The van der Waals surface area contributed by atoms with Gasteiger partial charge in [-0.05, 0) is 75.6 Å². The van der Waals surface area contributed by atoms with Gasteiger partial charge >= 0.3 is 57.4 Å². The molecule has 2 heterocycles. The Kier molecular flexibility index (Phi) is 13.7. The number of carboxylic acid groups (broad SMARTS) is 1. The van der Waals surface area contributed by atoms with E-state index in [9.17, 15) is 23.0 Å². The number of aliphatic carboxylic acids is 1. The van der Waals surface area contributed by atoms with Crippen molar-refractivity contribution < 1.29 is 93.5 Å². The average Bonchev–Trinajstić information content (AvgIpc) is 3.32. The van der Waals surface area contributed by atoms with Crippen molar-refractivity contribution in [2.45, 2.75) is 80.9 Å². The smallest absolute Gasteiger partial charge is 0.744 e. The summed E-state index contributed by atoms with van der Waals surface area (Å²) in [6, 6.07) is 10.4. The molecule has 2 aliphatic heterocycles. The summed E-state index contributed by atoms with van der Waals surface area (Å²) >= 11 is 0.868. The fraction of sp³-hybridized carbons (Fsp3) is 0.394. The molecule has 46 heavy (non-hydrogen) atoms. The summed E-state index contributed by atoms with van der Waals surface area (Å²) < 4.78 is 42.0. The molecule has 0 radical (unpaired) electrons. The number of nitrogens with zero attached hydrogens (tertiary/aromatic N) is 2. The SMILES string of the molecule is CCN1/C(=C/C=C/C=C/C2=[N+](CCCCCC(=O)O)c3ccc(S(=O)(=O)[O-])cc3C2(C)C)C(C)(C)c2cc(SOO[O-])ccc21.[K+]. The Bertz CT molecular complexity index is 1680.